The van der Waals surface area contributed by atoms with E-state index < -0.39 is 0 Å². The fraction of sp³-hybridized carbons (Fsp3) is 0.154. The van der Waals surface area contributed by atoms with Gasteiger partial charge >= 0.3 is 0 Å². The van der Waals surface area contributed by atoms with Gasteiger partial charge in [0.1, 0.15) is 0 Å². The molecule has 0 aliphatic rings. The average Bonchev–Trinajstić information content (AvgIpc) is 2.90. The first kappa shape index (κ1) is 11.8. The molecule has 0 bridgehead atoms. The van der Waals surface area contributed by atoms with E-state index in [1.165, 1.54) is 11.3 Å². The highest BCUT2D eigenvalue weighted by Gasteiger charge is 2.04. The largest absolute Gasteiger partial charge is 0.392 e. The molecular weight excluding hydrogens is 234 g/mol. The van der Waals surface area contributed by atoms with E-state index in [0.29, 0.717) is 12.1 Å². The normalized spacial score (nSPS) is 10.2. The molecule has 0 aliphatic carbocycles. The SMILES string of the molecule is O=C(NCc1cccc(CO)c1)c1ccsc1. The summed E-state index contributed by atoms with van der Waals surface area (Å²) >= 11 is 1.50. The van der Waals surface area contributed by atoms with Crippen molar-refractivity contribution in [3.63, 3.8) is 0 Å². The Hall–Kier alpha value is -1.65. The monoisotopic (exact) mass is 247 g/mol. The van der Waals surface area contributed by atoms with Crippen molar-refractivity contribution in [2.45, 2.75) is 13.2 Å². The first-order chi connectivity index (χ1) is 8.29. The number of rotatable bonds is 4. The summed E-state index contributed by atoms with van der Waals surface area (Å²) in [6, 6.07) is 9.33. The van der Waals surface area contributed by atoms with Gasteiger partial charge in [0.2, 0.25) is 0 Å². The van der Waals surface area contributed by atoms with Crippen molar-refractivity contribution in [3.05, 3.63) is 57.8 Å². The van der Waals surface area contributed by atoms with Crippen LogP contribution in [0.2, 0.25) is 0 Å². The van der Waals surface area contributed by atoms with Crippen molar-refractivity contribution in [1.29, 1.82) is 0 Å². The molecule has 2 N–H and O–H groups in total. The first-order valence-electron chi connectivity index (χ1n) is 5.28. The van der Waals surface area contributed by atoms with E-state index >= 15 is 0 Å². The number of amides is 1. The van der Waals surface area contributed by atoms with E-state index in [9.17, 15) is 4.79 Å². The maximum absolute atomic E-state index is 11.7. The second-order valence-corrected chi connectivity index (χ2v) is 4.45. The summed E-state index contributed by atoms with van der Waals surface area (Å²) in [5.74, 6) is -0.0688. The Morgan fingerprint density at radius 1 is 1.29 bits per heavy atom. The third-order valence-corrected chi connectivity index (χ3v) is 3.09. The Kier molecular flexibility index (Phi) is 3.90. The van der Waals surface area contributed by atoms with Gasteiger partial charge in [0.15, 0.2) is 0 Å². The Labute approximate surface area is 104 Å². The van der Waals surface area contributed by atoms with Crippen molar-refractivity contribution in [2.75, 3.05) is 0 Å². The second-order valence-electron chi connectivity index (χ2n) is 3.67. The van der Waals surface area contributed by atoms with Gasteiger partial charge in [-0.15, -0.1) is 0 Å². The van der Waals surface area contributed by atoms with Crippen molar-refractivity contribution < 1.29 is 9.90 Å². The molecular formula is C13H13NO2S. The molecule has 1 heterocycles. The number of aliphatic hydroxyl groups is 1. The maximum atomic E-state index is 11.7. The molecule has 2 rings (SSSR count). The molecule has 0 saturated heterocycles. The minimum atomic E-state index is -0.0688. The van der Waals surface area contributed by atoms with Crippen LogP contribution in [-0.4, -0.2) is 11.0 Å². The number of benzene rings is 1. The van der Waals surface area contributed by atoms with Crippen molar-refractivity contribution >= 4 is 17.2 Å². The van der Waals surface area contributed by atoms with Crippen LogP contribution >= 0.6 is 11.3 Å². The minimum Gasteiger partial charge on any atom is -0.392 e. The summed E-state index contributed by atoms with van der Waals surface area (Å²) in [4.78, 5) is 11.7. The molecule has 1 aromatic carbocycles. The van der Waals surface area contributed by atoms with E-state index in [-0.39, 0.29) is 12.5 Å². The van der Waals surface area contributed by atoms with Crippen LogP contribution in [-0.2, 0) is 13.2 Å². The van der Waals surface area contributed by atoms with Crippen molar-refractivity contribution in [2.24, 2.45) is 0 Å². The maximum Gasteiger partial charge on any atom is 0.252 e. The lowest BCUT2D eigenvalue weighted by Gasteiger charge is -2.05. The Morgan fingerprint density at radius 3 is 2.82 bits per heavy atom. The van der Waals surface area contributed by atoms with Crippen LogP contribution in [0.15, 0.2) is 41.1 Å². The summed E-state index contributed by atoms with van der Waals surface area (Å²) in [7, 11) is 0. The quantitative estimate of drug-likeness (QED) is 0.870. The summed E-state index contributed by atoms with van der Waals surface area (Å²) in [6.07, 6.45) is 0. The smallest absolute Gasteiger partial charge is 0.252 e. The minimum absolute atomic E-state index is 0.0202. The third kappa shape index (κ3) is 3.15. The predicted octanol–water partition coefficient (Wildman–Crippen LogP) is 2.17. The Balaban J connectivity index is 1.95. The van der Waals surface area contributed by atoms with Gasteiger partial charge in [-0.3, -0.25) is 4.79 Å². The summed E-state index contributed by atoms with van der Waals surface area (Å²) in [5, 5.41) is 15.5. The van der Waals surface area contributed by atoms with Gasteiger partial charge < -0.3 is 10.4 Å². The van der Waals surface area contributed by atoms with E-state index in [1.54, 1.807) is 6.07 Å². The highest BCUT2D eigenvalue weighted by Crippen LogP contribution is 2.07. The zero-order valence-corrected chi connectivity index (χ0v) is 10.0. The van der Waals surface area contributed by atoms with Crippen LogP contribution < -0.4 is 5.32 Å². The van der Waals surface area contributed by atoms with Crippen LogP contribution in [0.3, 0.4) is 0 Å². The molecule has 0 spiro atoms. The average molecular weight is 247 g/mol. The van der Waals surface area contributed by atoms with Gasteiger partial charge in [0, 0.05) is 17.5 Å². The van der Waals surface area contributed by atoms with Crippen LogP contribution in [0.4, 0.5) is 0 Å². The van der Waals surface area contributed by atoms with E-state index in [2.05, 4.69) is 5.32 Å². The molecule has 0 aliphatic heterocycles. The highest BCUT2D eigenvalue weighted by atomic mass is 32.1. The summed E-state index contributed by atoms with van der Waals surface area (Å²) < 4.78 is 0. The number of thiophene rings is 1. The summed E-state index contributed by atoms with van der Waals surface area (Å²) in [5.41, 5.74) is 2.53. The van der Waals surface area contributed by atoms with Crippen LogP contribution in [0.5, 0.6) is 0 Å². The Morgan fingerprint density at radius 2 is 2.12 bits per heavy atom. The molecule has 0 unspecified atom stereocenters. The lowest BCUT2D eigenvalue weighted by Crippen LogP contribution is -2.22. The van der Waals surface area contributed by atoms with Gasteiger partial charge in [-0.25, -0.2) is 0 Å². The molecule has 1 amide bonds. The van der Waals surface area contributed by atoms with Crippen molar-refractivity contribution in [1.82, 2.24) is 5.32 Å². The van der Waals surface area contributed by atoms with Gasteiger partial charge in [-0.2, -0.15) is 11.3 Å². The molecule has 3 nitrogen and oxygen atoms in total. The molecule has 1 aromatic heterocycles. The van der Waals surface area contributed by atoms with Crippen molar-refractivity contribution in [3.8, 4) is 0 Å². The van der Waals surface area contributed by atoms with E-state index in [4.69, 9.17) is 5.11 Å². The fourth-order valence-corrected chi connectivity index (χ4v) is 2.15. The number of aliphatic hydroxyl groups excluding tert-OH is 1. The first-order valence-corrected chi connectivity index (χ1v) is 6.23. The van der Waals surface area contributed by atoms with Crippen LogP contribution in [0.25, 0.3) is 0 Å². The molecule has 2 aromatic rings. The molecule has 0 atom stereocenters. The number of carbonyl (C=O) groups excluding carboxylic acids is 1. The van der Waals surface area contributed by atoms with Gasteiger partial charge in [-0.1, -0.05) is 24.3 Å². The number of hydrogen-bond donors (Lipinski definition) is 2. The Bertz CT molecular complexity index is 494. The topological polar surface area (TPSA) is 49.3 Å². The molecule has 17 heavy (non-hydrogen) atoms. The van der Waals surface area contributed by atoms with Gasteiger partial charge in [0.05, 0.1) is 6.61 Å². The van der Waals surface area contributed by atoms with Crippen LogP contribution in [0, 0.1) is 0 Å². The third-order valence-electron chi connectivity index (χ3n) is 2.41. The molecule has 0 fully saturated rings. The number of hydrogen-bond acceptors (Lipinski definition) is 3. The lowest BCUT2D eigenvalue weighted by molar-refractivity contribution is 0.0951. The molecule has 4 heteroatoms. The molecule has 0 saturated carbocycles. The second kappa shape index (κ2) is 5.61. The van der Waals surface area contributed by atoms with E-state index in [0.717, 1.165) is 11.1 Å². The van der Waals surface area contributed by atoms with Crippen LogP contribution in [0.1, 0.15) is 21.5 Å². The number of carbonyl (C=O) groups is 1. The van der Waals surface area contributed by atoms with Gasteiger partial charge in [0.25, 0.3) is 5.91 Å². The van der Waals surface area contributed by atoms with Gasteiger partial charge in [-0.05, 0) is 22.6 Å². The zero-order chi connectivity index (χ0) is 12.1. The standard InChI is InChI=1S/C13H13NO2S/c15-8-11-3-1-2-10(6-11)7-14-13(16)12-4-5-17-9-12/h1-6,9,15H,7-8H2,(H,14,16). The predicted molar refractivity (Wildman–Crippen MR) is 67.9 cm³/mol. The molecule has 0 radical (unpaired) electrons. The summed E-state index contributed by atoms with van der Waals surface area (Å²) in [6.45, 7) is 0.495. The number of nitrogens with one attached hydrogen (secondary N) is 1. The van der Waals surface area contributed by atoms with E-state index in [1.807, 2.05) is 35.0 Å². The zero-order valence-electron chi connectivity index (χ0n) is 9.22. The lowest BCUT2D eigenvalue weighted by atomic mass is 10.1. The molecule has 88 valence electrons. The highest BCUT2D eigenvalue weighted by molar-refractivity contribution is 7.08. The fourth-order valence-electron chi connectivity index (χ4n) is 1.52.